The fourth-order valence-electron chi connectivity index (χ4n) is 2.40. The van der Waals surface area contributed by atoms with Crippen LogP contribution in [0.5, 0.6) is 0 Å². The Hall–Kier alpha value is -0.160. The van der Waals surface area contributed by atoms with Gasteiger partial charge in [0, 0.05) is 20.1 Å². The zero-order chi connectivity index (χ0) is 9.42. The van der Waals surface area contributed by atoms with Gasteiger partial charge in [-0.3, -0.25) is 0 Å². The van der Waals surface area contributed by atoms with Gasteiger partial charge in [0.15, 0.2) is 0 Å². The molecule has 0 amide bonds. The topological polar surface area (TPSA) is 47.9 Å². The van der Waals surface area contributed by atoms with Crippen LogP contribution in [0.15, 0.2) is 0 Å². The summed E-state index contributed by atoms with van der Waals surface area (Å²) in [4.78, 5) is 0. The number of hydrogen-bond donors (Lipinski definition) is 1. The lowest BCUT2D eigenvalue weighted by atomic mass is 9.83. The van der Waals surface area contributed by atoms with Crippen molar-refractivity contribution >= 4 is 0 Å². The van der Waals surface area contributed by atoms with E-state index in [-0.39, 0.29) is 18.3 Å². The second kappa shape index (κ2) is 3.53. The van der Waals surface area contributed by atoms with Crippen molar-refractivity contribution in [3.05, 3.63) is 0 Å². The summed E-state index contributed by atoms with van der Waals surface area (Å²) in [5.41, 5.74) is 0. The smallest absolute Gasteiger partial charge is 0.112 e. The van der Waals surface area contributed by atoms with Crippen molar-refractivity contribution in [1.82, 2.24) is 0 Å². The summed E-state index contributed by atoms with van der Waals surface area (Å²) in [6.07, 6.45) is 0.0276. The molecule has 2 rings (SSSR count). The molecule has 2 aliphatic rings. The average molecular weight is 188 g/mol. The minimum Gasteiger partial charge on any atom is -0.388 e. The van der Waals surface area contributed by atoms with Crippen LogP contribution in [0.2, 0.25) is 0 Å². The quantitative estimate of drug-likeness (QED) is 0.651. The molecule has 1 heterocycles. The summed E-state index contributed by atoms with van der Waals surface area (Å²) in [5, 5.41) is 9.83. The fourth-order valence-corrected chi connectivity index (χ4v) is 2.40. The molecule has 4 nitrogen and oxygen atoms in total. The maximum Gasteiger partial charge on any atom is 0.112 e. The van der Waals surface area contributed by atoms with E-state index in [9.17, 15) is 5.11 Å². The monoisotopic (exact) mass is 188 g/mol. The largest absolute Gasteiger partial charge is 0.388 e. The predicted molar refractivity (Wildman–Crippen MR) is 45.4 cm³/mol. The van der Waals surface area contributed by atoms with Gasteiger partial charge in [-0.1, -0.05) is 0 Å². The number of fused-ring (bicyclic) bond motifs is 2. The maximum atomic E-state index is 9.83. The first-order valence-electron chi connectivity index (χ1n) is 4.63. The van der Waals surface area contributed by atoms with Crippen LogP contribution >= 0.6 is 0 Å². The van der Waals surface area contributed by atoms with E-state index in [4.69, 9.17) is 14.2 Å². The molecular formula is C9H16O4. The van der Waals surface area contributed by atoms with E-state index in [2.05, 4.69) is 0 Å². The van der Waals surface area contributed by atoms with Crippen molar-refractivity contribution in [3.63, 3.8) is 0 Å². The van der Waals surface area contributed by atoms with Crippen LogP contribution in [0.3, 0.4) is 0 Å². The highest BCUT2D eigenvalue weighted by atomic mass is 16.6. The highest BCUT2D eigenvalue weighted by Crippen LogP contribution is 2.36. The molecule has 0 unspecified atom stereocenters. The lowest BCUT2D eigenvalue weighted by molar-refractivity contribution is -0.134. The second-order valence-corrected chi connectivity index (χ2v) is 3.76. The lowest BCUT2D eigenvalue weighted by Crippen LogP contribution is -2.50. The Kier molecular flexibility index (Phi) is 2.55. The van der Waals surface area contributed by atoms with Crippen LogP contribution in [0.25, 0.3) is 0 Å². The van der Waals surface area contributed by atoms with Crippen molar-refractivity contribution in [2.45, 2.75) is 30.8 Å². The molecular weight excluding hydrogens is 172 g/mol. The van der Waals surface area contributed by atoms with E-state index in [0.29, 0.717) is 12.5 Å². The molecule has 2 fully saturated rings. The molecule has 0 radical (unpaired) electrons. The molecule has 1 aliphatic carbocycles. The fraction of sp³-hybridized carbons (Fsp3) is 1.00. The van der Waals surface area contributed by atoms with Gasteiger partial charge in [-0.05, 0) is 6.42 Å². The number of aliphatic hydroxyl groups excluding tert-OH is 1. The summed E-state index contributed by atoms with van der Waals surface area (Å²) < 4.78 is 16.0. The third-order valence-electron chi connectivity index (χ3n) is 3.12. The Bertz CT molecular complexity index is 184. The van der Waals surface area contributed by atoms with Crippen molar-refractivity contribution in [2.24, 2.45) is 5.92 Å². The minimum atomic E-state index is -0.548. The summed E-state index contributed by atoms with van der Waals surface area (Å²) >= 11 is 0. The highest BCUT2D eigenvalue weighted by Gasteiger charge is 2.50. The minimum absolute atomic E-state index is 0.0430. The molecule has 1 saturated carbocycles. The Morgan fingerprint density at radius 1 is 1.31 bits per heavy atom. The molecule has 76 valence electrons. The van der Waals surface area contributed by atoms with E-state index in [1.54, 1.807) is 14.2 Å². The number of methoxy groups -OCH3 is 2. The Morgan fingerprint density at radius 2 is 2.08 bits per heavy atom. The van der Waals surface area contributed by atoms with E-state index < -0.39 is 6.10 Å². The normalized spacial score (nSPS) is 49.6. The number of ether oxygens (including phenoxy) is 3. The summed E-state index contributed by atoms with van der Waals surface area (Å²) in [6, 6.07) is 0. The van der Waals surface area contributed by atoms with Gasteiger partial charge >= 0.3 is 0 Å². The molecule has 1 aliphatic heterocycles. The molecule has 0 aromatic heterocycles. The van der Waals surface area contributed by atoms with Gasteiger partial charge in [-0.25, -0.2) is 0 Å². The first kappa shape index (κ1) is 9.40. The highest BCUT2D eigenvalue weighted by molar-refractivity contribution is 4.99. The van der Waals surface area contributed by atoms with Crippen molar-refractivity contribution < 1.29 is 19.3 Å². The molecule has 1 N–H and O–H groups in total. The molecule has 4 heteroatoms. The van der Waals surface area contributed by atoms with Crippen molar-refractivity contribution in [1.29, 1.82) is 0 Å². The number of rotatable bonds is 2. The molecule has 0 aromatic carbocycles. The maximum absolute atomic E-state index is 9.83. The third kappa shape index (κ3) is 1.38. The SMILES string of the molecule is CO[C@H]1[C@H]2CO[C@@H]1[C@@H](O)[C@@H](OC)C2. The van der Waals surface area contributed by atoms with Gasteiger partial charge < -0.3 is 19.3 Å². The summed E-state index contributed by atoms with van der Waals surface area (Å²) in [6.45, 7) is 0.681. The zero-order valence-corrected chi connectivity index (χ0v) is 7.97. The summed E-state index contributed by atoms with van der Waals surface area (Å²) in [5.74, 6) is 0.378. The standard InChI is InChI=1S/C9H16O4/c1-11-6-3-5-4-13-9(7(6)10)8(5)12-2/h5-10H,3-4H2,1-2H3/t5-,6+,7+,8+,9-/m1/s1. The van der Waals surface area contributed by atoms with E-state index in [1.807, 2.05) is 0 Å². The van der Waals surface area contributed by atoms with Crippen LogP contribution < -0.4 is 0 Å². The molecule has 0 aromatic rings. The van der Waals surface area contributed by atoms with E-state index >= 15 is 0 Å². The van der Waals surface area contributed by atoms with Gasteiger partial charge in [-0.2, -0.15) is 0 Å². The Labute approximate surface area is 77.8 Å². The Morgan fingerprint density at radius 3 is 2.69 bits per heavy atom. The number of hydrogen-bond acceptors (Lipinski definition) is 4. The van der Waals surface area contributed by atoms with Crippen LogP contribution in [0, 0.1) is 5.92 Å². The molecule has 5 atom stereocenters. The molecule has 2 bridgehead atoms. The molecule has 0 spiro atoms. The molecule has 1 saturated heterocycles. The van der Waals surface area contributed by atoms with Gasteiger partial charge in [0.05, 0.1) is 18.8 Å². The second-order valence-electron chi connectivity index (χ2n) is 3.76. The predicted octanol–water partition coefficient (Wildman–Crippen LogP) is -0.204. The van der Waals surface area contributed by atoms with Crippen LogP contribution in [0.4, 0.5) is 0 Å². The van der Waals surface area contributed by atoms with Crippen LogP contribution in [-0.4, -0.2) is 50.3 Å². The van der Waals surface area contributed by atoms with Gasteiger partial charge in [0.2, 0.25) is 0 Å². The van der Waals surface area contributed by atoms with Gasteiger partial charge in [-0.15, -0.1) is 0 Å². The van der Waals surface area contributed by atoms with Crippen LogP contribution in [0.1, 0.15) is 6.42 Å². The summed E-state index contributed by atoms with van der Waals surface area (Å²) in [7, 11) is 3.29. The van der Waals surface area contributed by atoms with Gasteiger partial charge in [0.1, 0.15) is 12.2 Å². The van der Waals surface area contributed by atoms with E-state index in [1.165, 1.54) is 0 Å². The third-order valence-corrected chi connectivity index (χ3v) is 3.12. The first-order chi connectivity index (χ1) is 6.27. The average Bonchev–Trinajstić information content (AvgIpc) is 2.48. The Balaban J connectivity index is 2.11. The first-order valence-corrected chi connectivity index (χ1v) is 4.63. The number of aliphatic hydroxyl groups is 1. The van der Waals surface area contributed by atoms with Crippen LogP contribution in [-0.2, 0) is 14.2 Å². The zero-order valence-electron chi connectivity index (χ0n) is 7.97. The van der Waals surface area contributed by atoms with Gasteiger partial charge in [0.25, 0.3) is 0 Å². The molecule has 13 heavy (non-hydrogen) atoms. The lowest BCUT2D eigenvalue weighted by Gasteiger charge is -2.35. The van der Waals surface area contributed by atoms with E-state index in [0.717, 1.165) is 6.42 Å². The van der Waals surface area contributed by atoms with Crippen molar-refractivity contribution in [3.8, 4) is 0 Å². The van der Waals surface area contributed by atoms with Crippen molar-refractivity contribution in [2.75, 3.05) is 20.8 Å².